The normalized spacial score (nSPS) is 11.3. The van der Waals surface area contributed by atoms with E-state index in [1.54, 1.807) is 36.4 Å². The molecule has 30 heavy (non-hydrogen) atoms. The number of hydrogen-bond acceptors (Lipinski definition) is 5. The van der Waals surface area contributed by atoms with E-state index in [1.165, 1.54) is 30.6 Å². The van der Waals surface area contributed by atoms with Crippen LogP contribution in [0.5, 0.6) is 17.2 Å². The lowest BCUT2D eigenvalue weighted by Crippen LogP contribution is -2.16. The van der Waals surface area contributed by atoms with E-state index in [1.807, 2.05) is 6.07 Å². The molecule has 1 N–H and O–H groups in total. The number of anilines is 2. The standard InChI is InChI=1S/C21H13ClF3N3O2/c22-13-1-10-18-19(11-13)26-12-27-20(18)28-14-2-4-15(5-3-14)29-16-6-8-17(9-7-16)30-21(23,24)25/h1-12H,(H,26,27,28). The molecule has 0 bridgehead atoms. The van der Waals surface area contributed by atoms with Crippen LogP contribution < -0.4 is 14.8 Å². The number of nitrogens with one attached hydrogen (secondary N) is 1. The molecule has 0 radical (unpaired) electrons. The Kier molecular flexibility index (Phi) is 5.33. The van der Waals surface area contributed by atoms with Gasteiger partial charge >= 0.3 is 6.36 Å². The first-order valence-corrected chi connectivity index (χ1v) is 9.04. The van der Waals surface area contributed by atoms with E-state index < -0.39 is 6.36 Å². The Balaban J connectivity index is 1.45. The number of ether oxygens (including phenoxy) is 2. The lowest BCUT2D eigenvalue weighted by atomic mass is 10.2. The van der Waals surface area contributed by atoms with Crippen molar-refractivity contribution in [3.05, 3.63) is 78.1 Å². The third kappa shape index (κ3) is 4.90. The number of halogens is 4. The van der Waals surface area contributed by atoms with Crippen LogP contribution >= 0.6 is 11.6 Å². The van der Waals surface area contributed by atoms with E-state index in [0.717, 1.165) is 16.6 Å². The number of nitrogens with zero attached hydrogens (tertiary/aromatic N) is 2. The molecule has 0 unspecified atom stereocenters. The van der Waals surface area contributed by atoms with Gasteiger partial charge < -0.3 is 14.8 Å². The molecule has 9 heteroatoms. The van der Waals surface area contributed by atoms with E-state index in [9.17, 15) is 13.2 Å². The highest BCUT2D eigenvalue weighted by molar-refractivity contribution is 6.31. The van der Waals surface area contributed by atoms with Gasteiger partial charge in [0.05, 0.1) is 5.52 Å². The van der Waals surface area contributed by atoms with Gasteiger partial charge in [0, 0.05) is 16.1 Å². The van der Waals surface area contributed by atoms with Gasteiger partial charge in [0.2, 0.25) is 0 Å². The Morgan fingerprint density at radius 3 is 2.10 bits per heavy atom. The number of aromatic nitrogens is 2. The maximum Gasteiger partial charge on any atom is 0.573 e. The van der Waals surface area contributed by atoms with Gasteiger partial charge in [0.25, 0.3) is 0 Å². The largest absolute Gasteiger partial charge is 0.573 e. The van der Waals surface area contributed by atoms with E-state index in [0.29, 0.717) is 22.3 Å². The van der Waals surface area contributed by atoms with Crippen LogP contribution in [-0.2, 0) is 0 Å². The number of rotatable bonds is 5. The van der Waals surface area contributed by atoms with Gasteiger partial charge in [-0.1, -0.05) is 11.6 Å². The number of benzene rings is 3. The molecule has 0 atom stereocenters. The first-order chi connectivity index (χ1) is 14.4. The quantitative estimate of drug-likeness (QED) is 0.380. The number of alkyl halides is 3. The SMILES string of the molecule is FC(F)(F)Oc1ccc(Oc2ccc(Nc3ncnc4cc(Cl)ccc34)cc2)cc1. The zero-order valence-corrected chi connectivity index (χ0v) is 15.9. The van der Waals surface area contributed by atoms with Crippen LogP contribution in [0.25, 0.3) is 10.9 Å². The molecule has 0 amide bonds. The minimum Gasteiger partial charge on any atom is -0.457 e. The van der Waals surface area contributed by atoms with E-state index in [2.05, 4.69) is 20.0 Å². The number of hydrogen-bond donors (Lipinski definition) is 1. The molecule has 3 aromatic carbocycles. The fourth-order valence-corrected chi connectivity index (χ4v) is 2.88. The summed E-state index contributed by atoms with van der Waals surface area (Å²) in [5, 5.41) is 4.63. The minimum atomic E-state index is -4.73. The van der Waals surface area contributed by atoms with Crippen LogP contribution in [0.3, 0.4) is 0 Å². The summed E-state index contributed by atoms with van der Waals surface area (Å²) >= 11 is 6.00. The Bertz CT molecular complexity index is 1170. The monoisotopic (exact) mass is 431 g/mol. The number of fused-ring (bicyclic) bond motifs is 1. The lowest BCUT2D eigenvalue weighted by molar-refractivity contribution is -0.274. The molecule has 4 aromatic rings. The smallest absolute Gasteiger partial charge is 0.457 e. The summed E-state index contributed by atoms with van der Waals surface area (Å²) in [7, 11) is 0. The van der Waals surface area contributed by atoms with E-state index in [-0.39, 0.29) is 5.75 Å². The molecule has 0 saturated heterocycles. The highest BCUT2D eigenvalue weighted by Gasteiger charge is 2.30. The molecule has 0 aliphatic heterocycles. The first-order valence-electron chi connectivity index (χ1n) is 8.67. The molecule has 152 valence electrons. The Labute approximate surface area is 174 Å². The van der Waals surface area contributed by atoms with Crippen LogP contribution in [-0.4, -0.2) is 16.3 Å². The maximum absolute atomic E-state index is 12.2. The van der Waals surface area contributed by atoms with E-state index in [4.69, 9.17) is 16.3 Å². The Morgan fingerprint density at radius 2 is 1.43 bits per heavy atom. The molecular weight excluding hydrogens is 419 g/mol. The summed E-state index contributed by atoms with van der Waals surface area (Å²) in [6.07, 6.45) is -3.28. The highest BCUT2D eigenvalue weighted by atomic mass is 35.5. The molecule has 1 aromatic heterocycles. The third-order valence-corrected chi connectivity index (χ3v) is 4.24. The van der Waals surface area contributed by atoms with Crippen LogP contribution in [0.15, 0.2) is 73.1 Å². The second-order valence-electron chi connectivity index (χ2n) is 6.15. The second-order valence-corrected chi connectivity index (χ2v) is 6.59. The van der Waals surface area contributed by atoms with Gasteiger partial charge in [-0.2, -0.15) is 0 Å². The minimum absolute atomic E-state index is 0.312. The van der Waals surface area contributed by atoms with Crippen molar-refractivity contribution in [2.24, 2.45) is 0 Å². The maximum atomic E-state index is 12.2. The third-order valence-electron chi connectivity index (χ3n) is 4.01. The fourth-order valence-electron chi connectivity index (χ4n) is 2.72. The van der Waals surface area contributed by atoms with E-state index >= 15 is 0 Å². The topological polar surface area (TPSA) is 56.3 Å². The Morgan fingerprint density at radius 1 is 0.800 bits per heavy atom. The van der Waals surface area contributed by atoms with Crippen LogP contribution in [0.1, 0.15) is 0 Å². The van der Waals surface area contributed by atoms with Crippen molar-refractivity contribution in [3.8, 4) is 17.2 Å². The summed E-state index contributed by atoms with van der Waals surface area (Å²) in [6.45, 7) is 0. The summed E-state index contributed by atoms with van der Waals surface area (Å²) < 4.78 is 46.1. The van der Waals surface area contributed by atoms with Crippen molar-refractivity contribution in [2.75, 3.05) is 5.32 Å². The van der Waals surface area contributed by atoms with Crippen molar-refractivity contribution in [3.63, 3.8) is 0 Å². The van der Waals surface area contributed by atoms with Crippen molar-refractivity contribution in [1.82, 2.24) is 9.97 Å². The summed E-state index contributed by atoms with van der Waals surface area (Å²) in [4.78, 5) is 8.47. The molecule has 0 aliphatic carbocycles. The zero-order chi connectivity index (χ0) is 21.1. The van der Waals surface area contributed by atoms with Crippen LogP contribution in [0.2, 0.25) is 5.02 Å². The fraction of sp³-hybridized carbons (Fsp3) is 0.0476. The van der Waals surface area contributed by atoms with Gasteiger partial charge in [-0.15, -0.1) is 13.2 Å². The highest BCUT2D eigenvalue weighted by Crippen LogP contribution is 2.29. The predicted molar refractivity (Wildman–Crippen MR) is 107 cm³/mol. The molecule has 0 aliphatic rings. The van der Waals surface area contributed by atoms with Gasteiger partial charge in [-0.3, -0.25) is 0 Å². The van der Waals surface area contributed by atoms with Crippen molar-refractivity contribution in [2.45, 2.75) is 6.36 Å². The van der Waals surface area contributed by atoms with Crippen molar-refractivity contribution < 1.29 is 22.6 Å². The lowest BCUT2D eigenvalue weighted by Gasteiger charge is -2.11. The van der Waals surface area contributed by atoms with Gasteiger partial charge in [-0.05, 0) is 66.7 Å². The van der Waals surface area contributed by atoms with Crippen LogP contribution in [0, 0.1) is 0 Å². The molecule has 0 saturated carbocycles. The average molecular weight is 432 g/mol. The van der Waals surface area contributed by atoms with Gasteiger partial charge in [0.15, 0.2) is 0 Å². The second kappa shape index (κ2) is 8.08. The summed E-state index contributed by atoms with van der Waals surface area (Å²) in [5.41, 5.74) is 1.49. The predicted octanol–water partition coefficient (Wildman–Crippen LogP) is 6.72. The summed E-state index contributed by atoms with van der Waals surface area (Å²) in [6, 6.07) is 17.6. The molecule has 5 nitrogen and oxygen atoms in total. The molecular formula is C21H13ClF3N3O2. The molecule has 1 heterocycles. The molecule has 4 rings (SSSR count). The van der Waals surface area contributed by atoms with Crippen molar-refractivity contribution >= 4 is 34.0 Å². The first kappa shape index (κ1) is 19.8. The van der Waals surface area contributed by atoms with Crippen LogP contribution in [0.4, 0.5) is 24.7 Å². The zero-order valence-electron chi connectivity index (χ0n) is 15.2. The summed E-state index contributed by atoms with van der Waals surface area (Å²) in [5.74, 6) is 1.21. The Hall–Kier alpha value is -3.52. The average Bonchev–Trinajstić information content (AvgIpc) is 2.70. The van der Waals surface area contributed by atoms with Gasteiger partial charge in [0.1, 0.15) is 29.4 Å². The van der Waals surface area contributed by atoms with Crippen molar-refractivity contribution in [1.29, 1.82) is 0 Å². The molecule has 0 spiro atoms. The van der Waals surface area contributed by atoms with Gasteiger partial charge in [-0.25, -0.2) is 9.97 Å². The molecule has 0 fully saturated rings.